The molecule has 1 aromatic heterocycles. The quantitative estimate of drug-likeness (QED) is 0.892. The van der Waals surface area contributed by atoms with Crippen LogP contribution in [0.2, 0.25) is 0 Å². The van der Waals surface area contributed by atoms with E-state index in [1.807, 2.05) is 12.3 Å². The Bertz CT molecular complexity index is 591. The fourth-order valence-electron chi connectivity index (χ4n) is 3.18. The van der Waals surface area contributed by atoms with E-state index >= 15 is 0 Å². The Hall–Kier alpha value is -1.67. The zero-order valence-corrected chi connectivity index (χ0v) is 11.4. The Labute approximate surface area is 114 Å². The highest BCUT2D eigenvalue weighted by Crippen LogP contribution is 2.36. The summed E-state index contributed by atoms with van der Waals surface area (Å²) in [6.07, 6.45) is 6.10. The maximum absolute atomic E-state index is 6.74. The van der Waals surface area contributed by atoms with Gasteiger partial charge in [0, 0.05) is 17.4 Å². The largest absolute Gasteiger partial charge is 0.321 e. The van der Waals surface area contributed by atoms with E-state index < -0.39 is 0 Å². The number of hydrogen-bond donors (Lipinski definition) is 1. The van der Waals surface area contributed by atoms with Crippen molar-refractivity contribution in [3.8, 4) is 0 Å². The third kappa shape index (κ3) is 2.28. The van der Waals surface area contributed by atoms with Crippen LogP contribution in [0.1, 0.15) is 35.2 Å². The topological polar surface area (TPSA) is 38.9 Å². The number of nitrogens with zero attached hydrogens (tertiary/aromatic N) is 1. The summed E-state index contributed by atoms with van der Waals surface area (Å²) in [5, 5.41) is 0. The summed E-state index contributed by atoms with van der Waals surface area (Å²) in [7, 11) is 0. The van der Waals surface area contributed by atoms with E-state index in [9.17, 15) is 0 Å². The fraction of sp³-hybridized carbons (Fsp3) is 0.353. The van der Waals surface area contributed by atoms with Gasteiger partial charge < -0.3 is 5.73 Å². The van der Waals surface area contributed by atoms with E-state index in [0.717, 1.165) is 25.0 Å². The van der Waals surface area contributed by atoms with Crippen LogP contribution in [0.15, 0.2) is 42.6 Å². The minimum atomic E-state index is -0.233. The van der Waals surface area contributed by atoms with E-state index in [-0.39, 0.29) is 5.54 Å². The first kappa shape index (κ1) is 12.4. The van der Waals surface area contributed by atoms with Gasteiger partial charge in [-0.3, -0.25) is 4.98 Å². The number of aryl methyl sites for hydroxylation is 2. The first-order chi connectivity index (χ1) is 9.19. The van der Waals surface area contributed by atoms with E-state index in [1.54, 1.807) is 0 Å². The Balaban J connectivity index is 1.99. The number of fused-ring (bicyclic) bond motifs is 1. The van der Waals surface area contributed by atoms with Crippen LogP contribution >= 0.6 is 0 Å². The maximum Gasteiger partial charge on any atom is 0.0453 e. The molecule has 98 valence electrons. The molecule has 1 aromatic carbocycles. The summed E-state index contributed by atoms with van der Waals surface area (Å²) < 4.78 is 0. The molecular weight excluding hydrogens is 232 g/mol. The van der Waals surface area contributed by atoms with E-state index in [0.29, 0.717) is 0 Å². The van der Waals surface area contributed by atoms with Crippen LogP contribution in [-0.4, -0.2) is 4.98 Å². The summed E-state index contributed by atoms with van der Waals surface area (Å²) in [5.41, 5.74) is 11.6. The van der Waals surface area contributed by atoms with Gasteiger partial charge in [0.2, 0.25) is 0 Å². The molecule has 0 spiro atoms. The lowest BCUT2D eigenvalue weighted by molar-refractivity contribution is 0.368. The molecular formula is C17H20N2. The van der Waals surface area contributed by atoms with E-state index in [4.69, 9.17) is 5.73 Å². The highest BCUT2D eigenvalue weighted by atomic mass is 14.8. The Morgan fingerprint density at radius 1 is 1.21 bits per heavy atom. The summed E-state index contributed by atoms with van der Waals surface area (Å²) >= 11 is 0. The molecule has 2 aromatic rings. The summed E-state index contributed by atoms with van der Waals surface area (Å²) in [6.45, 7) is 2.06. The monoisotopic (exact) mass is 252 g/mol. The van der Waals surface area contributed by atoms with Gasteiger partial charge in [-0.2, -0.15) is 0 Å². The van der Waals surface area contributed by atoms with Gasteiger partial charge in [0.15, 0.2) is 0 Å². The summed E-state index contributed by atoms with van der Waals surface area (Å²) in [6, 6.07) is 12.8. The van der Waals surface area contributed by atoms with Crippen molar-refractivity contribution in [2.45, 2.75) is 38.1 Å². The minimum Gasteiger partial charge on any atom is -0.321 e. The molecule has 1 aliphatic carbocycles. The molecule has 1 aliphatic rings. The summed E-state index contributed by atoms with van der Waals surface area (Å²) in [4.78, 5) is 4.38. The van der Waals surface area contributed by atoms with Crippen LogP contribution in [0.3, 0.4) is 0 Å². The van der Waals surface area contributed by atoms with Crippen molar-refractivity contribution in [3.63, 3.8) is 0 Å². The molecule has 0 bridgehead atoms. The molecule has 0 radical (unpaired) electrons. The molecule has 0 aliphatic heterocycles. The van der Waals surface area contributed by atoms with Crippen LogP contribution in [0.25, 0.3) is 0 Å². The van der Waals surface area contributed by atoms with Gasteiger partial charge in [-0.25, -0.2) is 0 Å². The number of aromatic nitrogens is 1. The van der Waals surface area contributed by atoms with E-state index in [1.165, 1.54) is 23.1 Å². The average molecular weight is 252 g/mol. The second-order valence-corrected chi connectivity index (χ2v) is 5.59. The van der Waals surface area contributed by atoms with Crippen LogP contribution in [0.5, 0.6) is 0 Å². The molecule has 1 atom stereocenters. The molecule has 0 amide bonds. The van der Waals surface area contributed by atoms with Gasteiger partial charge in [0.1, 0.15) is 0 Å². The molecule has 19 heavy (non-hydrogen) atoms. The van der Waals surface area contributed by atoms with Crippen LogP contribution in [0.4, 0.5) is 0 Å². The minimum absolute atomic E-state index is 0.233. The molecule has 3 rings (SSSR count). The van der Waals surface area contributed by atoms with E-state index in [2.05, 4.69) is 42.2 Å². The molecule has 1 unspecified atom stereocenters. The number of rotatable bonds is 2. The Morgan fingerprint density at radius 2 is 2.05 bits per heavy atom. The van der Waals surface area contributed by atoms with Crippen LogP contribution in [0, 0.1) is 6.92 Å². The van der Waals surface area contributed by atoms with Gasteiger partial charge in [-0.05, 0) is 55.4 Å². The van der Waals surface area contributed by atoms with Crippen molar-refractivity contribution in [1.82, 2.24) is 4.98 Å². The lowest BCUT2D eigenvalue weighted by atomic mass is 9.74. The van der Waals surface area contributed by atoms with Crippen LogP contribution < -0.4 is 5.73 Å². The lowest BCUT2D eigenvalue weighted by Crippen LogP contribution is -2.42. The average Bonchev–Trinajstić information content (AvgIpc) is 2.42. The van der Waals surface area contributed by atoms with Crippen LogP contribution in [-0.2, 0) is 18.4 Å². The lowest BCUT2D eigenvalue weighted by Gasteiger charge is -2.36. The van der Waals surface area contributed by atoms with Gasteiger partial charge in [0.05, 0.1) is 0 Å². The van der Waals surface area contributed by atoms with Crippen molar-refractivity contribution in [2.24, 2.45) is 5.73 Å². The SMILES string of the molecule is Cc1ncccc1CC1(N)CCCc2ccccc21. The second-order valence-electron chi connectivity index (χ2n) is 5.59. The standard InChI is InChI=1S/C17H20N2/c1-13-15(8-5-11-19-13)12-17(18)10-4-7-14-6-2-3-9-16(14)17/h2-3,5-6,8-9,11H,4,7,10,12,18H2,1H3. The number of nitrogens with two attached hydrogens (primary N) is 1. The third-order valence-corrected chi connectivity index (χ3v) is 4.25. The molecule has 0 saturated carbocycles. The van der Waals surface area contributed by atoms with Crippen molar-refractivity contribution >= 4 is 0 Å². The maximum atomic E-state index is 6.74. The molecule has 0 saturated heterocycles. The molecule has 2 N–H and O–H groups in total. The molecule has 0 fully saturated rings. The van der Waals surface area contributed by atoms with Crippen molar-refractivity contribution in [1.29, 1.82) is 0 Å². The highest BCUT2D eigenvalue weighted by Gasteiger charge is 2.32. The highest BCUT2D eigenvalue weighted by molar-refractivity contribution is 5.38. The first-order valence-electron chi connectivity index (χ1n) is 6.97. The van der Waals surface area contributed by atoms with Crippen molar-refractivity contribution < 1.29 is 0 Å². The normalized spacial score (nSPS) is 22.0. The molecule has 1 heterocycles. The zero-order valence-electron chi connectivity index (χ0n) is 11.4. The smallest absolute Gasteiger partial charge is 0.0453 e. The number of benzene rings is 1. The zero-order chi connectivity index (χ0) is 13.3. The van der Waals surface area contributed by atoms with Crippen molar-refractivity contribution in [2.75, 3.05) is 0 Å². The van der Waals surface area contributed by atoms with Gasteiger partial charge in [0.25, 0.3) is 0 Å². The Kier molecular flexibility index (Phi) is 3.11. The first-order valence-corrected chi connectivity index (χ1v) is 6.97. The predicted octanol–water partition coefficient (Wildman–Crippen LogP) is 3.12. The summed E-state index contributed by atoms with van der Waals surface area (Å²) in [5.74, 6) is 0. The van der Waals surface area contributed by atoms with Gasteiger partial charge in [-0.1, -0.05) is 30.3 Å². The van der Waals surface area contributed by atoms with Gasteiger partial charge in [-0.15, -0.1) is 0 Å². The predicted molar refractivity (Wildman–Crippen MR) is 77.9 cm³/mol. The third-order valence-electron chi connectivity index (χ3n) is 4.25. The molecule has 2 heteroatoms. The van der Waals surface area contributed by atoms with Crippen molar-refractivity contribution in [3.05, 3.63) is 65.0 Å². The number of pyridine rings is 1. The second kappa shape index (κ2) is 4.78. The fourth-order valence-corrected chi connectivity index (χ4v) is 3.18. The number of hydrogen-bond acceptors (Lipinski definition) is 2. The Morgan fingerprint density at radius 3 is 2.89 bits per heavy atom. The van der Waals surface area contributed by atoms with Gasteiger partial charge >= 0.3 is 0 Å². The molecule has 2 nitrogen and oxygen atoms in total.